The predicted octanol–water partition coefficient (Wildman–Crippen LogP) is 1.76. The summed E-state index contributed by atoms with van der Waals surface area (Å²) in [4.78, 5) is 27.9. The Labute approximate surface area is 112 Å². The quantitative estimate of drug-likeness (QED) is 0.840. The molecule has 2 fully saturated rings. The molecule has 2 amide bonds. The van der Waals surface area contributed by atoms with Crippen LogP contribution in [0.4, 0.5) is 0 Å². The number of hydrogen-bond acceptors (Lipinski definition) is 3. The zero-order chi connectivity index (χ0) is 13.4. The van der Waals surface area contributed by atoms with Crippen molar-refractivity contribution >= 4 is 11.8 Å². The van der Waals surface area contributed by atoms with Gasteiger partial charge in [0, 0.05) is 36.2 Å². The van der Waals surface area contributed by atoms with E-state index in [4.69, 9.17) is 0 Å². The standard InChI is InChI=1S/C14H19N3O2/c1-2-3-10-11(6-13(18)16-14(10)19)12-7-15-8-17(12)9-4-5-9/h7-11H,2-6H2,1H3,(H,16,18,19). The van der Waals surface area contributed by atoms with Crippen LogP contribution in [0.2, 0.25) is 0 Å². The van der Waals surface area contributed by atoms with Crippen molar-refractivity contribution in [3.63, 3.8) is 0 Å². The second-order valence-corrected chi connectivity index (χ2v) is 5.58. The molecule has 19 heavy (non-hydrogen) atoms. The number of rotatable bonds is 4. The van der Waals surface area contributed by atoms with Crippen LogP contribution in [0.5, 0.6) is 0 Å². The minimum atomic E-state index is -0.161. The van der Waals surface area contributed by atoms with E-state index in [2.05, 4.69) is 21.8 Å². The lowest BCUT2D eigenvalue weighted by molar-refractivity contribution is -0.137. The average Bonchev–Trinajstić information content (AvgIpc) is 3.10. The van der Waals surface area contributed by atoms with Crippen molar-refractivity contribution in [2.75, 3.05) is 0 Å². The van der Waals surface area contributed by atoms with E-state index in [0.29, 0.717) is 12.5 Å². The molecule has 1 aliphatic carbocycles. The van der Waals surface area contributed by atoms with Crippen molar-refractivity contribution in [3.8, 4) is 0 Å². The summed E-state index contributed by atoms with van der Waals surface area (Å²) in [5.74, 6) is -0.390. The molecule has 0 radical (unpaired) electrons. The van der Waals surface area contributed by atoms with Gasteiger partial charge >= 0.3 is 0 Å². The molecule has 3 rings (SSSR count). The van der Waals surface area contributed by atoms with E-state index >= 15 is 0 Å². The van der Waals surface area contributed by atoms with Crippen LogP contribution in [-0.2, 0) is 9.59 Å². The molecule has 0 bridgehead atoms. The van der Waals surface area contributed by atoms with Gasteiger partial charge in [-0.3, -0.25) is 14.9 Å². The maximum absolute atomic E-state index is 12.0. The Morgan fingerprint density at radius 2 is 2.21 bits per heavy atom. The second kappa shape index (κ2) is 4.79. The van der Waals surface area contributed by atoms with Gasteiger partial charge in [-0.05, 0) is 19.3 Å². The molecule has 0 aromatic carbocycles. The molecule has 102 valence electrons. The Hall–Kier alpha value is -1.65. The number of piperidine rings is 1. The van der Waals surface area contributed by atoms with Crippen LogP contribution in [0.25, 0.3) is 0 Å². The van der Waals surface area contributed by atoms with E-state index in [1.165, 1.54) is 12.8 Å². The van der Waals surface area contributed by atoms with Gasteiger partial charge in [-0.1, -0.05) is 13.3 Å². The predicted molar refractivity (Wildman–Crippen MR) is 69.4 cm³/mol. The molecular weight excluding hydrogens is 242 g/mol. The Morgan fingerprint density at radius 1 is 1.42 bits per heavy atom. The van der Waals surface area contributed by atoms with Crippen LogP contribution in [0.3, 0.4) is 0 Å². The van der Waals surface area contributed by atoms with Crippen LogP contribution in [0.1, 0.15) is 56.7 Å². The van der Waals surface area contributed by atoms with Gasteiger partial charge in [0.2, 0.25) is 11.8 Å². The number of carbonyl (C=O) groups excluding carboxylic acids is 2. The zero-order valence-corrected chi connectivity index (χ0v) is 11.1. The van der Waals surface area contributed by atoms with Gasteiger partial charge in [0.1, 0.15) is 0 Å². The van der Waals surface area contributed by atoms with Crippen LogP contribution in [0.15, 0.2) is 12.5 Å². The molecule has 1 N–H and O–H groups in total. The Bertz CT molecular complexity index is 505. The maximum Gasteiger partial charge on any atom is 0.230 e. The first-order chi connectivity index (χ1) is 9.20. The van der Waals surface area contributed by atoms with Crippen molar-refractivity contribution in [3.05, 3.63) is 18.2 Å². The summed E-state index contributed by atoms with van der Waals surface area (Å²) in [7, 11) is 0. The van der Waals surface area contributed by atoms with Gasteiger partial charge in [-0.15, -0.1) is 0 Å². The lowest BCUT2D eigenvalue weighted by atomic mass is 9.80. The third-order valence-corrected chi connectivity index (χ3v) is 4.11. The third-order valence-electron chi connectivity index (χ3n) is 4.11. The van der Waals surface area contributed by atoms with Crippen molar-refractivity contribution < 1.29 is 9.59 Å². The number of nitrogens with zero attached hydrogens (tertiary/aromatic N) is 2. The van der Waals surface area contributed by atoms with Crippen LogP contribution in [0, 0.1) is 5.92 Å². The third kappa shape index (κ3) is 2.29. The molecule has 5 nitrogen and oxygen atoms in total. The normalized spacial score (nSPS) is 27.4. The lowest BCUT2D eigenvalue weighted by Gasteiger charge is -2.30. The van der Waals surface area contributed by atoms with E-state index < -0.39 is 0 Å². The minimum Gasteiger partial charge on any atom is -0.331 e. The molecule has 5 heteroatoms. The Morgan fingerprint density at radius 3 is 2.89 bits per heavy atom. The van der Waals surface area contributed by atoms with E-state index in [9.17, 15) is 9.59 Å². The van der Waals surface area contributed by atoms with Crippen molar-refractivity contribution in [2.45, 2.75) is 51.0 Å². The molecule has 1 aromatic rings. The van der Waals surface area contributed by atoms with Gasteiger partial charge in [0.15, 0.2) is 0 Å². The van der Waals surface area contributed by atoms with Gasteiger partial charge in [0.25, 0.3) is 0 Å². The summed E-state index contributed by atoms with van der Waals surface area (Å²) in [6.45, 7) is 2.07. The number of hydrogen-bond donors (Lipinski definition) is 1. The first-order valence-corrected chi connectivity index (χ1v) is 7.06. The molecular formula is C14H19N3O2. The summed E-state index contributed by atoms with van der Waals surface area (Å²) < 4.78 is 2.17. The number of carbonyl (C=O) groups is 2. The zero-order valence-electron chi connectivity index (χ0n) is 11.1. The Balaban J connectivity index is 1.92. The number of nitrogens with one attached hydrogen (secondary N) is 1. The monoisotopic (exact) mass is 261 g/mol. The van der Waals surface area contributed by atoms with E-state index in [1.807, 2.05) is 12.5 Å². The van der Waals surface area contributed by atoms with Gasteiger partial charge in [-0.25, -0.2) is 4.98 Å². The number of imide groups is 1. The molecule has 1 saturated carbocycles. The summed E-state index contributed by atoms with van der Waals surface area (Å²) in [5, 5.41) is 2.46. The van der Waals surface area contributed by atoms with Crippen LogP contribution < -0.4 is 5.32 Å². The minimum absolute atomic E-state index is 0.00991. The first kappa shape index (κ1) is 12.4. The van der Waals surface area contributed by atoms with Gasteiger partial charge in [-0.2, -0.15) is 0 Å². The average molecular weight is 261 g/mol. The molecule has 2 aliphatic rings. The highest BCUT2D eigenvalue weighted by Gasteiger charge is 2.39. The van der Waals surface area contributed by atoms with Gasteiger partial charge in [0.05, 0.1) is 6.33 Å². The van der Waals surface area contributed by atoms with E-state index in [-0.39, 0.29) is 23.7 Å². The summed E-state index contributed by atoms with van der Waals surface area (Å²) in [5.41, 5.74) is 1.06. The molecule has 1 saturated heterocycles. The first-order valence-electron chi connectivity index (χ1n) is 7.06. The second-order valence-electron chi connectivity index (χ2n) is 5.58. The molecule has 1 aliphatic heterocycles. The largest absolute Gasteiger partial charge is 0.331 e. The molecule has 2 atom stereocenters. The van der Waals surface area contributed by atoms with Gasteiger partial charge < -0.3 is 4.57 Å². The highest BCUT2D eigenvalue weighted by atomic mass is 16.2. The highest BCUT2D eigenvalue weighted by molar-refractivity contribution is 5.99. The van der Waals surface area contributed by atoms with Crippen LogP contribution >= 0.6 is 0 Å². The molecule has 0 spiro atoms. The number of amides is 2. The van der Waals surface area contributed by atoms with E-state index in [1.54, 1.807) is 0 Å². The fourth-order valence-corrected chi connectivity index (χ4v) is 3.02. The summed E-state index contributed by atoms with van der Waals surface area (Å²) >= 11 is 0. The topological polar surface area (TPSA) is 64.0 Å². The van der Waals surface area contributed by atoms with Crippen molar-refractivity contribution in [2.24, 2.45) is 5.92 Å². The van der Waals surface area contributed by atoms with Crippen molar-refractivity contribution in [1.82, 2.24) is 14.9 Å². The fraction of sp³-hybridized carbons (Fsp3) is 0.643. The Kier molecular flexibility index (Phi) is 3.12. The van der Waals surface area contributed by atoms with E-state index in [0.717, 1.165) is 18.5 Å². The van der Waals surface area contributed by atoms with Crippen molar-refractivity contribution in [1.29, 1.82) is 0 Å². The summed E-state index contributed by atoms with van der Waals surface area (Å²) in [6.07, 6.45) is 8.18. The number of aromatic nitrogens is 2. The molecule has 2 heterocycles. The van der Waals surface area contributed by atoms with Crippen LogP contribution in [-0.4, -0.2) is 21.4 Å². The SMILES string of the molecule is CCCC1C(=O)NC(=O)CC1c1cncn1C1CC1. The molecule has 1 aromatic heterocycles. The smallest absolute Gasteiger partial charge is 0.230 e. The highest BCUT2D eigenvalue weighted by Crippen LogP contribution is 2.41. The molecule has 2 unspecified atom stereocenters. The maximum atomic E-state index is 12.0. The lowest BCUT2D eigenvalue weighted by Crippen LogP contribution is -2.45. The fourth-order valence-electron chi connectivity index (χ4n) is 3.02. The summed E-state index contributed by atoms with van der Waals surface area (Å²) in [6, 6.07) is 0.528. The number of imidazole rings is 1.